The van der Waals surface area contributed by atoms with Crippen LogP contribution < -0.4 is 5.73 Å². The number of benzene rings is 1. The van der Waals surface area contributed by atoms with E-state index in [-0.39, 0.29) is 0 Å². The number of aromatic nitrogens is 2. The van der Waals surface area contributed by atoms with E-state index in [0.29, 0.717) is 29.8 Å². The van der Waals surface area contributed by atoms with E-state index >= 15 is 0 Å². The van der Waals surface area contributed by atoms with Crippen LogP contribution in [0.1, 0.15) is 12.3 Å². The third-order valence-corrected chi connectivity index (χ3v) is 3.80. The van der Waals surface area contributed by atoms with Crippen molar-refractivity contribution in [3.8, 4) is 11.5 Å². The Morgan fingerprint density at radius 2 is 2.18 bits per heavy atom. The molecule has 17 heavy (non-hydrogen) atoms. The van der Waals surface area contributed by atoms with Gasteiger partial charge in [-0.05, 0) is 53.8 Å². The first kappa shape index (κ1) is 12.8. The molecule has 0 saturated heterocycles. The Morgan fingerprint density at radius 1 is 1.35 bits per heavy atom. The van der Waals surface area contributed by atoms with E-state index in [4.69, 9.17) is 21.8 Å². The van der Waals surface area contributed by atoms with E-state index in [2.05, 4.69) is 32.8 Å². The Balaban J connectivity index is 2.21. The smallest absolute Gasteiger partial charge is 0.247 e. The van der Waals surface area contributed by atoms with Gasteiger partial charge >= 0.3 is 0 Å². The average molecular weight is 364 g/mol. The van der Waals surface area contributed by atoms with Gasteiger partial charge in [0, 0.05) is 15.6 Å². The first-order valence-electron chi connectivity index (χ1n) is 5.18. The first-order valence-corrected chi connectivity index (χ1v) is 6.64. The van der Waals surface area contributed by atoms with Gasteiger partial charge in [-0.1, -0.05) is 11.6 Å². The number of hydrogen-bond donors (Lipinski definition) is 1. The lowest BCUT2D eigenvalue weighted by atomic mass is 10.2. The maximum Gasteiger partial charge on any atom is 0.247 e. The highest BCUT2D eigenvalue weighted by Crippen LogP contribution is 2.25. The van der Waals surface area contributed by atoms with Crippen LogP contribution in [0.15, 0.2) is 22.6 Å². The van der Waals surface area contributed by atoms with E-state index in [9.17, 15) is 0 Å². The molecule has 0 amide bonds. The zero-order valence-corrected chi connectivity index (χ0v) is 11.9. The minimum atomic E-state index is 0.496. The van der Waals surface area contributed by atoms with E-state index in [1.54, 1.807) is 0 Å². The molecule has 0 radical (unpaired) electrons. The van der Waals surface area contributed by atoms with Crippen molar-refractivity contribution >= 4 is 34.2 Å². The lowest BCUT2D eigenvalue weighted by Gasteiger charge is -1.98. The molecular formula is C11H11ClIN3O. The molecule has 0 unspecified atom stereocenters. The molecule has 4 nitrogen and oxygen atoms in total. The molecule has 0 aliphatic carbocycles. The van der Waals surface area contributed by atoms with E-state index in [1.807, 2.05) is 18.2 Å². The molecule has 0 bridgehead atoms. The Labute approximate surface area is 118 Å². The van der Waals surface area contributed by atoms with Crippen LogP contribution >= 0.6 is 34.2 Å². The third-order valence-electron chi connectivity index (χ3n) is 2.23. The molecule has 0 aliphatic rings. The zero-order valence-electron chi connectivity index (χ0n) is 8.99. The fourth-order valence-electron chi connectivity index (χ4n) is 1.35. The summed E-state index contributed by atoms with van der Waals surface area (Å²) < 4.78 is 6.52. The number of halogens is 2. The topological polar surface area (TPSA) is 64.9 Å². The van der Waals surface area contributed by atoms with Gasteiger partial charge in [-0.25, -0.2) is 0 Å². The Hall–Kier alpha value is -0.660. The van der Waals surface area contributed by atoms with E-state index in [0.717, 1.165) is 15.6 Å². The molecule has 2 aromatic rings. The van der Waals surface area contributed by atoms with Crippen LogP contribution in [0.4, 0.5) is 0 Å². The summed E-state index contributed by atoms with van der Waals surface area (Å²) in [5.41, 5.74) is 6.26. The molecule has 0 saturated carbocycles. The van der Waals surface area contributed by atoms with Crippen molar-refractivity contribution in [2.45, 2.75) is 12.8 Å². The summed E-state index contributed by atoms with van der Waals surface area (Å²) in [6.07, 6.45) is 1.55. The lowest BCUT2D eigenvalue weighted by Crippen LogP contribution is -2.00. The summed E-state index contributed by atoms with van der Waals surface area (Å²) in [5.74, 6) is 1.11. The maximum atomic E-state index is 6.04. The quantitative estimate of drug-likeness (QED) is 0.848. The van der Waals surface area contributed by atoms with Gasteiger partial charge in [0.05, 0.1) is 5.02 Å². The highest BCUT2D eigenvalue weighted by atomic mass is 127. The predicted octanol–water partition coefficient (Wildman–Crippen LogP) is 2.89. The SMILES string of the molecule is NCCCc1nnc(-c2ccc(I)c(Cl)c2)o1. The van der Waals surface area contributed by atoms with Gasteiger partial charge in [0.2, 0.25) is 11.8 Å². The Morgan fingerprint density at radius 3 is 2.88 bits per heavy atom. The van der Waals surface area contributed by atoms with Gasteiger partial charge in [-0.2, -0.15) is 0 Å². The van der Waals surface area contributed by atoms with Crippen LogP contribution in [0.25, 0.3) is 11.5 Å². The van der Waals surface area contributed by atoms with Gasteiger partial charge in [-0.15, -0.1) is 10.2 Å². The van der Waals surface area contributed by atoms with Crippen LogP contribution in [0, 0.1) is 3.57 Å². The largest absolute Gasteiger partial charge is 0.421 e. The van der Waals surface area contributed by atoms with Crippen LogP contribution in [0.5, 0.6) is 0 Å². The van der Waals surface area contributed by atoms with Gasteiger partial charge in [0.1, 0.15) is 0 Å². The number of nitrogens with two attached hydrogens (primary N) is 1. The van der Waals surface area contributed by atoms with E-state index < -0.39 is 0 Å². The van der Waals surface area contributed by atoms with Crippen molar-refractivity contribution in [3.63, 3.8) is 0 Å². The van der Waals surface area contributed by atoms with Crippen molar-refractivity contribution in [2.75, 3.05) is 6.54 Å². The number of rotatable bonds is 4. The fourth-order valence-corrected chi connectivity index (χ4v) is 1.87. The van der Waals surface area contributed by atoms with Crippen molar-refractivity contribution in [1.29, 1.82) is 0 Å². The molecule has 90 valence electrons. The van der Waals surface area contributed by atoms with Crippen LogP contribution in [-0.4, -0.2) is 16.7 Å². The number of hydrogen-bond acceptors (Lipinski definition) is 4. The second kappa shape index (κ2) is 5.79. The van der Waals surface area contributed by atoms with Crippen molar-refractivity contribution in [2.24, 2.45) is 5.73 Å². The third kappa shape index (κ3) is 3.17. The molecule has 6 heteroatoms. The normalized spacial score (nSPS) is 10.8. The highest BCUT2D eigenvalue weighted by Gasteiger charge is 2.09. The summed E-state index contributed by atoms with van der Waals surface area (Å²) in [4.78, 5) is 0. The molecule has 0 spiro atoms. The standard InChI is InChI=1S/C11H11ClIN3O/c12-8-6-7(3-4-9(8)13)11-16-15-10(17-11)2-1-5-14/h3-4,6H,1-2,5,14H2. The van der Waals surface area contributed by atoms with Crippen LogP contribution in [0.3, 0.4) is 0 Å². The summed E-state index contributed by atoms with van der Waals surface area (Å²) in [6.45, 7) is 0.618. The highest BCUT2D eigenvalue weighted by molar-refractivity contribution is 14.1. The monoisotopic (exact) mass is 363 g/mol. The van der Waals surface area contributed by atoms with Gasteiger partial charge in [0.25, 0.3) is 0 Å². The summed E-state index contributed by atoms with van der Waals surface area (Å²) in [5, 5.41) is 8.64. The van der Waals surface area contributed by atoms with Gasteiger partial charge in [-0.3, -0.25) is 0 Å². The van der Waals surface area contributed by atoms with Gasteiger partial charge < -0.3 is 10.2 Å². The molecule has 2 rings (SSSR count). The summed E-state index contributed by atoms with van der Waals surface area (Å²) >= 11 is 8.21. The van der Waals surface area contributed by atoms with Crippen molar-refractivity contribution in [3.05, 3.63) is 32.7 Å². The average Bonchev–Trinajstić information content (AvgIpc) is 2.79. The zero-order chi connectivity index (χ0) is 12.3. The molecule has 1 aromatic heterocycles. The fraction of sp³-hybridized carbons (Fsp3) is 0.273. The second-order valence-electron chi connectivity index (χ2n) is 3.52. The van der Waals surface area contributed by atoms with Crippen molar-refractivity contribution < 1.29 is 4.42 Å². The van der Waals surface area contributed by atoms with Crippen LogP contribution in [-0.2, 0) is 6.42 Å². The minimum absolute atomic E-state index is 0.496. The predicted molar refractivity (Wildman–Crippen MR) is 74.8 cm³/mol. The Bertz CT molecular complexity index is 515. The number of aryl methyl sites for hydroxylation is 1. The van der Waals surface area contributed by atoms with Crippen molar-refractivity contribution in [1.82, 2.24) is 10.2 Å². The molecule has 1 heterocycles. The molecule has 0 aliphatic heterocycles. The van der Waals surface area contributed by atoms with Crippen LogP contribution in [0.2, 0.25) is 5.02 Å². The summed E-state index contributed by atoms with van der Waals surface area (Å²) in [7, 11) is 0. The maximum absolute atomic E-state index is 6.04. The second-order valence-corrected chi connectivity index (χ2v) is 5.09. The Kier molecular flexibility index (Phi) is 4.36. The number of nitrogens with zero attached hydrogens (tertiary/aromatic N) is 2. The lowest BCUT2D eigenvalue weighted by molar-refractivity contribution is 0.499. The molecule has 2 N–H and O–H groups in total. The first-order chi connectivity index (χ1) is 8.20. The molecule has 1 aromatic carbocycles. The molecular weight excluding hydrogens is 352 g/mol. The molecule has 0 fully saturated rings. The van der Waals surface area contributed by atoms with E-state index in [1.165, 1.54) is 0 Å². The summed E-state index contributed by atoms with van der Waals surface area (Å²) in [6, 6.07) is 5.65. The minimum Gasteiger partial charge on any atom is -0.421 e. The van der Waals surface area contributed by atoms with Gasteiger partial charge in [0.15, 0.2) is 0 Å². The molecule has 0 atom stereocenters.